The van der Waals surface area contributed by atoms with Crippen LogP contribution in [0.2, 0.25) is 0 Å². The van der Waals surface area contributed by atoms with E-state index in [-0.39, 0.29) is 18.6 Å². The van der Waals surface area contributed by atoms with Gasteiger partial charge in [0.15, 0.2) is 0 Å². The van der Waals surface area contributed by atoms with Crippen molar-refractivity contribution in [3.63, 3.8) is 0 Å². The Bertz CT molecular complexity index is 984. The van der Waals surface area contributed by atoms with E-state index in [4.69, 9.17) is 4.74 Å². The topological polar surface area (TPSA) is 87.7 Å². The van der Waals surface area contributed by atoms with Crippen LogP contribution >= 0.6 is 11.3 Å². The van der Waals surface area contributed by atoms with E-state index in [0.717, 1.165) is 46.0 Å². The number of amides is 3. The monoisotopic (exact) mass is 413 g/mol. The summed E-state index contributed by atoms with van der Waals surface area (Å²) < 4.78 is 5.43. The number of carbonyl (C=O) groups excluding carboxylic acids is 3. The van der Waals surface area contributed by atoms with Crippen molar-refractivity contribution in [3.8, 4) is 0 Å². The van der Waals surface area contributed by atoms with Crippen LogP contribution < -0.4 is 15.5 Å². The van der Waals surface area contributed by atoms with Crippen LogP contribution in [-0.2, 0) is 32.0 Å². The predicted octanol–water partition coefficient (Wildman–Crippen LogP) is 2.33. The summed E-state index contributed by atoms with van der Waals surface area (Å²) in [6.45, 7) is 2.96. The van der Waals surface area contributed by atoms with Gasteiger partial charge in [-0.05, 0) is 55.2 Å². The molecule has 0 spiro atoms. The zero-order valence-corrected chi connectivity index (χ0v) is 17.2. The highest BCUT2D eigenvalue weighted by Crippen LogP contribution is 2.38. The van der Waals surface area contributed by atoms with Gasteiger partial charge in [0, 0.05) is 35.6 Å². The summed E-state index contributed by atoms with van der Waals surface area (Å²) in [5, 5.41) is 5.30. The number of ether oxygens (including phenoxy) is 1. The number of benzene rings is 1. The molecular weight excluding hydrogens is 390 g/mol. The second-order valence-corrected chi connectivity index (χ2v) is 8.63. The van der Waals surface area contributed by atoms with Crippen molar-refractivity contribution >= 4 is 40.4 Å². The van der Waals surface area contributed by atoms with E-state index in [1.165, 1.54) is 0 Å². The van der Waals surface area contributed by atoms with Gasteiger partial charge in [-0.1, -0.05) is 0 Å². The Morgan fingerprint density at radius 2 is 2.03 bits per heavy atom. The maximum absolute atomic E-state index is 12.4. The zero-order chi connectivity index (χ0) is 20.5. The van der Waals surface area contributed by atoms with Gasteiger partial charge in [-0.25, -0.2) is 0 Å². The Balaban J connectivity index is 1.40. The summed E-state index contributed by atoms with van der Waals surface area (Å²) in [7, 11) is 1.58. The molecule has 7 nitrogen and oxygen atoms in total. The lowest BCUT2D eigenvalue weighted by atomic mass is 9.99. The van der Waals surface area contributed by atoms with Crippen LogP contribution in [0, 0.1) is 6.92 Å². The molecule has 1 unspecified atom stereocenters. The molecular formula is C21H23N3O4S. The minimum absolute atomic E-state index is 0.0941. The van der Waals surface area contributed by atoms with E-state index < -0.39 is 11.8 Å². The second kappa shape index (κ2) is 7.96. The molecule has 0 aliphatic carbocycles. The van der Waals surface area contributed by atoms with Crippen molar-refractivity contribution in [2.45, 2.75) is 32.3 Å². The van der Waals surface area contributed by atoms with Crippen molar-refractivity contribution in [1.29, 1.82) is 0 Å². The molecule has 1 atom stereocenters. The fourth-order valence-corrected chi connectivity index (χ4v) is 4.89. The first-order chi connectivity index (χ1) is 14.0. The maximum Gasteiger partial charge on any atom is 0.313 e. The standard InChI is InChI=1S/C21H23N3O4S/c1-12-5-6-17(29-12)16(28-2)11-22-20(26)21(27)23-15-8-13-4-3-7-24-18(25)10-14(9-15)19(13)24/h5-6,8-9,16H,3-4,7,10-11H2,1-2H3,(H,22,26)(H,23,27). The maximum atomic E-state index is 12.4. The molecule has 29 heavy (non-hydrogen) atoms. The number of rotatable bonds is 5. The lowest BCUT2D eigenvalue weighted by molar-refractivity contribution is -0.136. The predicted molar refractivity (Wildman–Crippen MR) is 111 cm³/mol. The molecule has 3 amide bonds. The van der Waals surface area contributed by atoms with Crippen LogP contribution in [0.15, 0.2) is 24.3 Å². The average Bonchev–Trinajstić information content (AvgIpc) is 3.27. The van der Waals surface area contributed by atoms with Gasteiger partial charge in [-0.15, -0.1) is 11.3 Å². The Kier molecular flexibility index (Phi) is 5.38. The third-order valence-corrected chi connectivity index (χ3v) is 6.38. The second-order valence-electron chi connectivity index (χ2n) is 7.31. The Morgan fingerprint density at radius 1 is 1.24 bits per heavy atom. The Morgan fingerprint density at radius 3 is 2.76 bits per heavy atom. The average molecular weight is 413 g/mol. The molecule has 4 rings (SSSR count). The minimum Gasteiger partial charge on any atom is -0.374 e. The third-order valence-electron chi connectivity index (χ3n) is 5.28. The number of hydrogen-bond donors (Lipinski definition) is 2. The molecule has 0 saturated heterocycles. The number of thiophene rings is 1. The number of anilines is 2. The normalized spacial score (nSPS) is 15.8. The molecule has 2 aliphatic rings. The number of nitrogens with zero attached hydrogens (tertiary/aromatic N) is 1. The van der Waals surface area contributed by atoms with Gasteiger partial charge in [0.05, 0.1) is 12.1 Å². The number of nitrogens with one attached hydrogen (secondary N) is 2. The summed E-state index contributed by atoms with van der Waals surface area (Å²) in [4.78, 5) is 40.8. The molecule has 1 aromatic carbocycles. The van der Waals surface area contributed by atoms with Gasteiger partial charge in [0.25, 0.3) is 0 Å². The third kappa shape index (κ3) is 3.90. The highest BCUT2D eigenvalue weighted by atomic mass is 32.1. The minimum atomic E-state index is -0.730. The summed E-state index contributed by atoms with van der Waals surface area (Å²) in [6.07, 6.45) is 1.80. The molecule has 8 heteroatoms. The quantitative estimate of drug-likeness (QED) is 0.737. The van der Waals surface area contributed by atoms with E-state index in [0.29, 0.717) is 12.1 Å². The summed E-state index contributed by atoms with van der Waals surface area (Å²) in [5.41, 5.74) is 3.49. The molecule has 2 aromatic rings. The largest absolute Gasteiger partial charge is 0.374 e. The Hall–Kier alpha value is -2.71. The van der Waals surface area contributed by atoms with Crippen LogP contribution in [-0.4, -0.2) is 37.9 Å². The van der Waals surface area contributed by atoms with Crippen molar-refractivity contribution in [3.05, 3.63) is 45.1 Å². The van der Waals surface area contributed by atoms with Gasteiger partial charge in [-0.2, -0.15) is 0 Å². The van der Waals surface area contributed by atoms with Crippen LogP contribution in [0.5, 0.6) is 0 Å². The molecule has 0 saturated carbocycles. The van der Waals surface area contributed by atoms with Crippen LogP contribution in [0.25, 0.3) is 0 Å². The van der Waals surface area contributed by atoms with E-state index in [9.17, 15) is 14.4 Å². The van der Waals surface area contributed by atoms with Crippen molar-refractivity contribution in [2.24, 2.45) is 0 Å². The summed E-state index contributed by atoms with van der Waals surface area (Å²) in [5.74, 6) is -1.35. The van der Waals surface area contributed by atoms with E-state index >= 15 is 0 Å². The first-order valence-corrected chi connectivity index (χ1v) is 10.4. The molecule has 0 radical (unpaired) electrons. The zero-order valence-electron chi connectivity index (χ0n) is 16.4. The van der Waals surface area contributed by atoms with Crippen molar-refractivity contribution in [2.75, 3.05) is 30.4 Å². The fourth-order valence-electron chi connectivity index (χ4n) is 3.93. The number of aryl methyl sites for hydroxylation is 2. The molecule has 2 aliphatic heterocycles. The van der Waals surface area contributed by atoms with E-state index in [1.54, 1.807) is 24.5 Å². The lowest BCUT2D eigenvalue weighted by Crippen LogP contribution is -2.38. The van der Waals surface area contributed by atoms with E-state index in [2.05, 4.69) is 10.6 Å². The van der Waals surface area contributed by atoms with Crippen LogP contribution in [0.1, 0.15) is 33.4 Å². The van der Waals surface area contributed by atoms with E-state index in [1.807, 2.05) is 30.0 Å². The summed E-state index contributed by atoms with van der Waals surface area (Å²) >= 11 is 1.60. The molecule has 0 fully saturated rings. The molecule has 3 heterocycles. The smallest absolute Gasteiger partial charge is 0.313 e. The van der Waals surface area contributed by atoms with Gasteiger partial charge in [0.2, 0.25) is 5.91 Å². The molecule has 152 valence electrons. The SMILES string of the molecule is COC(CNC(=O)C(=O)Nc1cc2c3c(c1)CC(=O)N3CCC2)c1ccc(C)s1. The fraction of sp³-hybridized carbons (Fsp3) is 0.381. The van der Waals surface area contributed by atoms with Crippen LogP contribution in [0.3, 0.4) is 0 Å². The number of hydrogen-bond acceptors (Lipinski definition) is 5. The summed E-state index contributed by atoms with van der Waals surface area (Å²) in [6, 6.07) is 7.61. The van der Waals surface area contributed by atoms with Gasteiger partial charge >= 0.3 is 11.8 Å². The highest BCUT2D eigenvalue weighted by molar-refractivity contribution is 7.12. The van der Waals surface area contributed by atoms with Crippen molar-refractivity contribution < 1.29 is 19.1 Å². The first kappa shape index (κ1) is 19.6. The lowest BCUT2D eigenvalue weighted by Gasteiger charge is -2.26. The first-order valence-electron chi connectivity index (χ1n) is 9.60. The van der Waals surface area contributed by atoms with Gasteiger partial charge in [0.1, 0.15) is 6.10 Å². The molecule has 1 aromatic heterocycles. The Labute approximate surface area is 173 Å². The van der Waals surface area contributed by atoms with Gasteiger partial charge < -0.3 is 20.3 Å². The molecule has 2 N–H and O–H groups in total. The van der Waals surface area contributed by atoms with Crippen LogP contribution in [0.4, 0.5) is 11.4 Å². The van der Waals surface area contributed by atoms with Gasteiger partial charge in [-0.3, -0.25) is 14.4 Å². The highest BCUT2D eigenvalue weighted by Gasteiger charge is 2.32. The number of methoxy groups -OCH3 is 1. The van der Waals surface area contributed by atoms with Crippen molar-refractivity contribution in [1.82, 2.24) is 5.32 Å². The molecule has 0 bridgehead atoms. The number of carbonyl (C=O) groups is 3.